The standard InChI is InChI=1S/C7H11BrN2/c1-5(2)7-9-4-6(8)10(7)3/h4-5H,1-3H3. The van der Waals surface area contributed by atoms with Crippen molar-refractivity contribution >= 4 is 15.9 Å². The van der Waals surface area contributed by atoms with Crippen molar-refractivity contribution in [1.29, 1.82) is 0 Å². The predicted octanol–water partition coefficient (Wildman–Crippen LogP) is 2.31. The quantitative estimate of drug-likeness (QED) is 0.684. The monoisotopic (exact) mass is 202 g/mol. The zero-order valence-corrected chi connectivity index (χ0v) is 8.01. The van der Waals surface area contributed by atoms with Gasteiger partial charge in [0.05, 0.1) is 6.20 Å². The summed E-state index contributed by atoms with van der Waals surface area (Å²) in [5, 5.41) is 0. The second kappa shape index (κ2) is 2.74. The molecular weight excluding hydrogens is 192 g/mol. The Morgan fingerprint density at radius 3 is 2.40 bits per heavy atom. The lowest BCUT2D eigenvalue weighted by Gasteiger charge is -2.04. The van der Waals surface area contributed by atoms with Gasteiger partial charge in [-0.1, -0.05) is 13.8 Å². The summed E-state index contributed by atoms with van der Waals surface area (Å²) in [6.45, 7) is 4.27. The Labute approximate surface area is 69.4 Å². The van der Waals surface area contributed by atoms with Crippen molar-refractivity contribution in [3.63, 3.8) is 0 Å². The van der Waals surface area contributed by atoms with Gasteiger partial charge in [-0.15, -0.1) is 0 Å². The van der Waals surface area contributed by atoms with Crippen molar-refractivity contribution in [1.82, 2.24) is 9.55 Å². The molecule has 0 saturated heterocycles. The van der Waals surface area contributed by atoms with Crippen LogP contribution in [-0.2, 0) is 7.05 Å². The van der Waals surface area contributed by atoms with E-state index in [4.69, 9.17) is 0 Å². The molecule has 3 heteroatoms. The van der Waals surface area contributed by atoms with Gasteiger partial charge in [-0.3, -0.25) is 0 Å². The fourth-order valence-electron chi connectivity index (χ4n) is 0.938. The second-order valence-corrected chi connectivity index (χ2v) is 3.47. The van der Waals surface area contributed by atoms with Crippen LogP contribution in [0.3, 0.4) is 0 Å². The molecule has 0 atom stereocenters. The highest BCUT2D eigenvalue weighted by atomic mass is 79.9. The van der Waals surface area contributed by atoms with E-state index in [9.17, 15) is 0 Å². The lowest BCUT2D eigenvalue weighted by atomic mass is 10.2. The van der Waals surface area contributed by atoms with Gasteiger partial charge in [-0.05, 0) is 15.9 Å². The number of halogens is 1. The van der Waals surface area contributed by atoms with Gasteiger partial charge >= 0.3 is 0 Å². The van der Waals surface area contributed by atoms with Gasteiger partial charge < -0.3 is 4.57 Å². The molecule has 10 heavy (non-hydrogen) atoms. The molecule has 2 nitrogen and oxygen atoms in total. The Morgan fingerprint density at radius 2 is 2.20 bits per heavy atom. The SMILES string of the molecule is CC(C)c1ncc(Br)n1C. The number of nitrogens with zero attached hydrogens (tertiary/aromatic N) is 2. The molecule has 0 saturated carbocycles. The van der Waals surface area contributed by atoms with Crippen LogP contribution in [0.4, 0.5) is 0 Å². The van der Waals surface area contributed by atoms with E-state index in [1.807, 2.05) is 17.8 Å². The molecule has 0 N–H and O–H groups in total. The van der Waals surface area contributed by atoms with Crippen molar-refractivity contribution < 1.29 is 0 Å². The maximum Gasteiger partial charge on any atom is 0.111 e. The normalized spacial score (nSPS) is 10.9. The minimum atomic E-state index is 0.497. The highest BCUT2D eigenvalue weighted by Crippen LogP contribution is 2.16. The molecule has 0 aromatic carbocycles. The summed E-state index contributed by atoms with van der Waals surface area (Å²) in [5.74, 6) is 1.61. The first-order chi connectivity index (χ1) is 4.63. The molecule has 0 radical (unpaired) electrons. The smallest absolute Gasteiger partial charge is 0.111 e. The molecule has 56 valence electrons. The maximum absolute atomic E-state index is 4.23. The first kappa shape index (κ1) is 7.79. The third kappa shape index (κ3) is 1.24. The molecule has 0 aliphatic heterocycles. The summed E-state index contributed by atoms with van der Waals surface area (Å²) in [4.78, 5) is 4.23. The largest absolute Gasteiger partial charge is 0.326 e. The Bertz CT molecular complexity index is 228. The van der Waals surface area contributed by atoms with Gasteiger partial charge in [-0.2, -0.15) is 0 Å². The third-order valence-corrected chi connectivity index (χ3v) is 2.22. The minimum absolute atomic E-state index is 0.497. The predicted molar refractivity (Wildman–Crippen MR) is 45.0 cm³/mol. The molecule has 0 spiro atoms. The van der Waals surface area contributed by atoms with E-state index in [0.29, 0.717) is 5.92 Å². The molecule has 0 amide bonds. The zero-order valence-electron chi connectivity index (χ0n) is 6.43. The first-order valence-electron chi connectivity index (χ1n) is 3.30. The van der Waals surface area contributed by atoms with E-state index in [2.05, 4.69) is 34.8 Å². The van der Waals surface area contributed by atoms with Crippen LogP contribution in [0.25, 0.3) is 0 Å². The molecule has 0 aliphatic rings. The van der Waals surface area contributed by atoms with Crippen molar-refractivity contribution in [2.75, 3.05) is 0 Å². The Morgan fingerprint density at radius 1 is 1.60 bits per heavy atom. The van der Waals surface area contributed by atoms with Crippen molar-refractivity contribution in [3.05, 3.63) is 16.6 Å². The molecule has 1 aromatic heterocycles. The molecule has 0 bridgehead atoms. The van der Waals surface area contributed by atoms with Gasteiger partial charge in [0, 0.05) is 13.0 Å². The number of imidazole rings is 1. The summed E-state index contributed by atoms with van der Waals surface area (Å²) in [5.41, 5.74) is 0. The van der Waals surface area contributed by atoms with E-state index in [1.165, 1.54) is 0 Å². The molecule has 1 aromatic rings. The van der Waals surface area contributed by atoms with E-state index in [1.54, 1.807) is 0 Å². The first-order valence-corrected chi connectivity index (χ1v) is 4.09. The van der Waals surface area contributed by atoms with E-state index < -0.39 is 0 Å². The molecule has 0 aliphatic carbocycles. The van der Waals surface area contributed by atoms with E-state index in [-0.39, 0.29) is 0 Å². The van der Waals surface area contributed by atoms with Crippen LogP contribution in [-0.4, -0.2) is 9.55 Å². The average Bonchev–Trinajstić information content (AvgIpc) is 2.14. The van der Waals surface area contributed by atoms with Gasteiger partial charge in [0.2, 0.25) is 0 Å². The molecule has 0 fully saturated rings. The fourth-order valence-corrected chi connectivity index (χ4v) is 1.22. The highest BCUT2D eigenvalue weighted by Gasteiger charge is 2.06. The van der Waals surface area contributed by atoms with Crippen LogP contribution >= 0.6 is 15.9 Å². The van der Waals surface area contributed by atoms with E-state index in [0.717, 1.165) is 10.4 Å². The zero-order chi connectivity index (χ0) is 7.72. The van der Waals surface area contributed by atoms with Crippen molar-refractivity contribution in [2.45, 2.75) is 19.8 Å². The lowest BCUT2D eigenvalue weighted by molar-refractivity contribution is 0.704. The average molecular weight is 203 g/mol. The Kier molecular flexibility index (Phi) is 2.14. The Balaban J connectivity index is 3.05. The maximum atomic E-state index is 4.23. The van der Waals surface area contributed by atoms with Crippen LogP contribution < -0.4 is 0 Å². The molecule has 1 rings (SSSR count). The minimum Gasteiger partial charge on any atom is -0.326 e. The number of rotatable bonds is 1. The molecular formula is C7H11BrN2. The summed E-state index contributed by atoms with van der Waals surface area (Å²) in [7, 11) is 2.01. The topological polar surface area (TPSA) is 17.8 Å². The van der Waals surface area contributed by atoms with Crippen LogP contribution in [0.1, 0.15) is 25.6 Å². The van der Waals surface area contributed by atoms with Gasteiger partial charge in [0.1, 0.15) is 10.4 Å². The summed E-state index contributed by atoms with van der Waals surface area (Å²) in [6.07, 6.45) is 1.83. The van der Waals surface area contributed by atoms with Crippen molar-refractivity contribution in [2.24, 2.45) is 7.05 Å². The number of aromatic nitrogens is 2. The fraction of sp³-hybridized carbons (Fsp3) is 0.571. The number of hydrogen-bond acceptors (Lipinski definition) is 1. The highest BCUT2D eigenvalue weighted by molar-refractivity contribution is 9.10. The molecule has 1 heterocycles. The third-order valence-electron chi connectivity index (χ3n) is 1.48. The Hall–Kier alpha value is -0.310. The van der Waals surface area contributed by atoms with Gasteiger partial charge in [0.25, 0.3) is 0 Å². The van der Waals surface area contributed by atoms with Crippen LogP contribution in [0.2, 0.25) is 0 Å². The van der Waals surface area contributed by atoms with Crippen LogP contribution in [0.5, 0.6) is 0 Å². The second-order valence-electron chi connectivity index (χ2n) is 2.65. The van der Waals surface area contributed by atoms with Gasteiger partial charge in [0.15, 0.2) is 0 Å². The van der Waals surface area contributed by atoms with Crippen LogP contribution in [0, 0.1) is 0 Å². The summed E-state index contributed by atoms with van der Waals surface area (Å²) >= 11 is 3.38. The summed E-state index contributed by atoms with van der Waals surface area (Å²) < 4.78 is 3.08. The van der Waals surface area contributed by atoms with Crippen LogP contribution in [0.15, 0.2) is 10.8 Å². The number of hydrogen-bond donors (Lipinski definition) is 0. The van der Waals surface area contributed by atoms with Crippen molar-refractivity contribution in [3.8, 4) is 0 Å². The lowest BCUT2D eigenvalue weighted by Crippen LogP contribution is -1.99. The molecule has 0 unspecified atom stereocenters. The van der Waals surface area contributed by atoms with Gasteiger partial charge in [-0.25, -0.2) is 4.98 Å². The van der Waals surface area contributed by atoms with E-state index >= 15 is 0 Å². The summed E-state index contributed by atoms with van der Waals surface area (Å²) in [6, 6.07) is 0.